The smallest absolute Gasteiger partial charge is 0.261 e. The minimum Gasteiger partial charge on any atom is -0.261 e. The summed E-state index contributed by atoms with van der Waals surface area (Å²) in [6, 6.07) is 24.8. The molecular formula is C26H20N4O2S2. The minimum atomic E-state index is -3.83. The third-order valence-electron chi connectivity index (χ3n) is 5.60. The van der Waals surface area contributed by atoms with E-state index >= 15 is 0 Å². The maximum Gasteiger partial charge on any atom is 0.268 e. The van der Waals surface area contributed by atoms with Crippen LogP contribution in [0.4, 0.5) is 5.69 Å². The van der Waals surface area contributed by atoms with Gasteiger partial charge in [0, 0.05) is 11.3 Å². The van der Waals surface area contributed by atoms with Crippen molar-refractivity contribution in [2.45, 2.75) is 29.3 Å². The molecule has 0 saturated heterocycles. The standard InChI is InChI=1S/C26H20N4O2S2/c1-18-9-11-19(12-10-18)16-30-23-8-3-2-7-22(23)25-24(34(30,31)32)15-28-26(29-25)33-17-21-6-4-5-20(13-21)14-27/h2-13,15H,16-17H2,1H3. The molecule has 1 aliphatic heterocycles. The monoisotopic (exact) mass is 484 g/mol. The fourth-order valence-electron chi connectivity index (χ4n) is 3.85. The summed E-state index contributed by atoms with van der Waals surface area (Å²) in [6.07, 6.45) is 1.41. The number of rotatable bonds is 5. The predicted octanol–water partition coefficient (Wildman–Crippen LogP) is 5.32. The van der Waals surface area contributed by atoms with Crippen LogP contribution in [0, 0.1) is 18.3 Å². The first-order valence-corrected chi connectivity index (χ1v) is 13.0. The molecule has 2 heterocycles. The number of para-hydroxylation sites is 1. The van der Waals surface area contributed by atoms with Gasteiger partial charge in [0.1, 0.15) is 4.90 Å². The Morgan fingerprint density at radius 3 is 2.59 bits per heavy atom. The van der Waals surface area contributed by atoms with Crippen LogP contribution in [0.2, 0.25) is 0 Å². The van der Waals surface area contributed by atoms with Crippen LogP contribution in [-0.4, -0.2) is 18.4 Å². The lowest BCUT2D eigenvalue weighted by atomic mass is 10.1. The number of nitriles is 1. The van der Waals surface area contributed by atoms with Crippen molar-refractivity contribution in [3.8, 4) is 17.3 Å². The third-order valence-corrected chi connectivity index (χ3v) is 8.29. The molecule has 3 aromatic carbocycles. The van der Waals surface area contributed by atoms with Gasteiger partial charge in [0.25, 0.3) is 10.0 Å². The lowest BCUT2D eigenvalue weighted by molar-refractivity contribution is 0.588. The van der Waals surface area contributed by atoms with Gasteiger partial charge in [0.15, 0.2) is 5.16 Å². The van der Waals surface area contributed by atoms with E-state index in [9.17, 15) is 8.42 Å². The number of hydrogen-bond donors (Lipinski definition) is 0. The Labute approximate surface area is 203 Å². The number of anilines is 1. The molecule has 0 spiro atoms. The largest absolute Gasteiger partial charge is 0.268 e. The van der Waals surface area contributed by atoms with Crippen LogP contribution in [0.1, 0.15) is 22.3 Å². The fraction of sp³-hybridized carbons (Fsp3) is 0.115. The highest BCUT2D eigenvalue weighted by molar-refractivity contribution is 7.98. The molecule has 8 heteroatoms. The first kappa shape index (κ1) is 22.1. The molecule has 0 bridgehead atoms. The summed E-state index contributed by atoms with van der Waals surface area (Å²) in [5.41, 5.74) is 5.37. The molecule has 6 nitrogen and oxygen atoms in total. The fourth-order valence-corrected chi connectivity index (χ4v) is 6.17. The number of hydrogen-bond acceptors (Lipinski definition) is 6. The Kier molecular flexibility index (Phi) is 5.82. The summed E-state index contributed by atoms with van der Waals surface area (Å²) in [6.45, 7) is 2.23. The zero-order valence-corrected chi connectivity index (χ0v) is 20.0. The van der Waals surface area contributed by atoms with Crippen molar-refractivity contribution in [3.63, 3.8) is 0 Å². The number of thioether (sulfide) groups is 1. The van der Waals surface area contributed by atoms with Crippen LogP contribution in [0.25, 0.3) is 11.3 Å². The summed E-state index contributed by atoms with van der Waals surface area (Å²) >= 11 is 1.41. The Bertz CT molecular complexity index is 1530. The third kappa shape index (κ3) is 4.16. The van der Waals surface area contributed by atoms with E-state index in [-0.39, 0.29) is 11.4 Å². The second-order valence-corrected chi connectivity index (χ2v) is 10.8. The van der Waals surface area contributed by atoms with Gasteiger partial charge in [0.2, 0.25) is 0 Å². The van der Waals surface area contributed by atoms with Crippen molar-refractivity contribution in [2.75, 3.05) is 4.31 Å². The van der Waals surface area contributed by atoms with Crippen LogP contribution >= 0.6 is 11.8 Å². The zero-order valence-electron chi connectivity index (χ0n) is 18.3. The first-order chi connectivity index (χ1) is 16.5. The van der Waals surface area contributed by atoms with Gasteiger partial charge in [-0.1, -0.05) is 71.9 Å². The summed E-state index contributed by atoms with van der Waals surface area (Å²) in [7, 11) is -3.83. The minimum absolute atomic E-state index is 0.106. The average molecular weight is 485 g/mol. The van der Waals surface area contributed by atoms with Crippen molar-refractivity contribution in [1.29, 1.82) is 5.26 Å². The summed E-state index contributed by atoms with van der Waals surface area (Å²) < 4.78 is 28.6. The zero-order chi connectivity index (χ0) is 23.7. The lowest BCUT2D eigenvalue weighted by Crippen LogP contribution is -2.34. The summed E-state index contributed by atoms with van der Waals surface area (Å²) in [4.78, 5) is 9.10. The van der Waals surface area contributed by atoms with Crippen molar-refractivity contribution in [1.82, 2.24) is 9.97 Å². The second kappa shape index (κ2) is 8.93. The molecule has 0 saturated carbocycles. The van der Waals surface area contributed by atoms with Gasteiger partial charge in [-0.3, -0.25) is 4.31 Å². The van der Waals surface area contributed by atoms with Gasteiger partial charge in [-0.05, 0) is 36.2 Å². The predicted molar refractivity (Wildman–Crippen MR) is 133 cm³/mol. The highest BCUT2D eigenvalue weighted by Crippen LogP contribution is 2.43. The normalized spacial score (nSPS) is 13.6. The van der Waals surface area contributed by atoms with Crippen LogP contribution in [0.15, 0.2) is 89.0 Å². The maximum absolute atomic E-state index is 13.6. The van der Waals surface area contributed by atoms with E-state index in [2.05, 4.69) is 16.0 Å². The van der Waals surface area contributed by atoms with Crippen molar-refractivity contribution in [2.24, 2.45) is 0 Å². The van der Waals surface area contributed by atoms with Crippen LogP contribution in [0.3, 0.4) is 0 Å². The summed E-state index contributed by atoms with van der Waals surface area (Å²) in [5, 5.41) is 9.59. The lowest BCUT2D eigenvalue weighted by Gasteiger charge is -2.31. The van der Waals surface area contributed by atoms with E-state index in [0.717, 1.165) is 22.3 Å². The average Bonchev–Trinajstić information content (AvgIpc) is 2.86. The highest BCUT2D eigenvalue weighted by atomic mass is 32.2. The van der Waals surface area contributed by atoms with Gasteiger partial charge < -0.3 is 0 Å². The molecule has 0 radical (unpaired) electrons. The molecule has 0 amide bonds. The molecule has 0 atom stereocenters. The van der Waals surface area contributed by atoms with E-state index in [0.29, 0.717) is 27.9 Å². The van der Waals surface area contributed by atoms with Gasteiger partial charge >= 0.3 is 0 Å². The molecule has 1 aromatic heterocycles. The molecular weight excluding hydrogens is 464 g/mol. The van der Waals surface area contributed by atoms with Gasteiger partial charge in [0.05, 0.1) is 35.8 Å². The molecule has 34 heavy (non-hydrogen) atoms. The number of aryl methyl sites for hydroxylation is 1. The van der Waals surface area contributed by atoms with Crippen molar-refractivity contribution >= 4 is 27.5 Å². The Morgan fingerprint density at radius 2 is 1.79 bits per heavy atom. The molecule has 4 aromatic rings. The van der Waals surface area contributed by atoms with Gasteiger partial charge in [-0.2, -0.15) is 5.26 Å². The number of nitrogens with zero attached hydrogens (tertiary/aromatic N) is 4. The van der Waals surface area contributed by atoms with Gasteiger partial charge in [-0.15, -0.1) is 0 Å². The van der Waals surface area contributed by atoms with Crippen LogP contribution < -0.4 is 4.31 Å². The molecule has 0 N–H and O–H groups in total. The molecule has 5 rings (SSSR count). The van der Waals surface area contributed by atoms with Crippen LogP contribution in [0.5, 0.6) is 0 Å². The maximum atomic E-state index is 13.6. The van der Waals surface area contributed by atoms with E-state index in [1.807, 2.05) is 73.7 Å². The topological polar surface area (TPSA) is 86.9 Å². The number of aromatic nitrogens is 2. The van der Waals surface area contributed by atoms with Crippen LogP contribution in [-0.2, 0) is 22.3 Å². The number of benzene rings is 3. The second-order valence-electron chi connectivity index (χ2n) is 7.98. The molecule has 0 unspecified atom stereocenters. The van der Waals surface area contributed by atoms with Gasteiger partial charge in [-0.25, -0.2) is 18.4 Å². The molecule has 0 aliphatic carbocycles. The van der Waals surface area contributed by atoms with E-state index < -0.39 is 10.0 Å². The molecule has 1 aliphatic rings. The Balaban J connectivity index is 1.50. The van der Waals surface area contributed by atoms with Crippen molar-refractivity contribution < 1.29 is 8.42 Å². The van der Waals surface area contributed by atoms with E-state index in [1.165, 1.54) is 22.3 Å². The Morgan fingerprint density at radius 1 is 1.00 bits per heavy atom. The number of fused-ring (bicyclic) bond motifs is 3. The Hall–Kier alpha value is -3.67. The van der Waals surface area contributed by atoms with E-state index in [1.54, 1.807) is 6.07 Å². The summed E-state index contributed by atoms with van der Waals surface area (Å²) in [5.74, 6) is 0.572. The molecule has 0 fully saturated rings. The first-order valence-electron chi connectivity index (χ1n) is 10.6. The highest BCUT2D eigenvalue weighted by Gasteiger charge is 2.36. The van der Waals surface area contributed by atoms with Crippen molar-refractivity contribution in [3.05, 3.63) is 101 Å². The SMILES string of the molecule is Cc1ccc(CN2c3ccccc3-c3nc(SCc4cccc(C#N)c4)ncc3S2(=O)=O)cc1. The molecule has 168 valence electrons. The quantitative estimate of drug-likeness (QED) is 0.281. The number of sulfonamides is 1. The van der Waals surface area contributed by atoms with E-state index in [4.69, 9.17) is 5.26 Å².